The van der Waals surface area contributed by atoms with Crippen LogP contribution < -0.4 is 0 Å². The van der Waals surface area contributed by atoms with Crippen LogP contribution in [0.2, 0.25) is 0 Å². The fourth-order valence-electron chi connectivity index (χ4n) is 12.4. The second kappa shape index (κ2) is 32.0. The third kappa shape index (κ3) is 20.0. The van der Waals surface area contributed by atoms with Gasteiger partial charge in [0.15, 0.2) is 0 Å². The first-order chi connectivity index (χ1) is 32.4. The van der Waals surface area contributed by atoms with E-state index in [9.17, 15) is 20.4 Å². The average Bonchev–Trinajstić information content (AvgIpc) is 3.38. The molecule has 392 valence electrons. The van der Waals surface area contributed by atoms with E-state index in [0.29, 0.717) is 24.2 Å². The summed E-state index contributed by atoms with van der Waals surface area (Å²) in [5, 5.41) is 55.9. The van der Waals surface area contributed by atoms with Gasteiger partial charge in [-0.3, -0.25) is 20.0 Å². The van der Waals surface area contributed by atoms with Crippen molar-refractivity contribution in [3.8, 4) is 0 Å². The van der Waals surface area contributed by atoms with Crippen LogP contribution in [-0.4, -0.2) is 138 Å². The van der Waals surface area contributed by atoms with Crippen LogP contribution >= 0.6 is 0 Å². The van der Waals surface area contributed by atoms with Crippen LogP contribution in [0, 0.1) is 23.7 Å². The zero-order valence-corrected chi connectivity index (χ0v) is 43.0. The Kier molecular flexibility index (Phi) is 27.1. The maximum absolute atomic E-state index is 9.35. The smallest absolute Gasteiger partial charge is 0.676 e. The van der Waals surface area contributed by atoms with E-state index in [0.717, 1.165) is 87.2 Å². The summed E-state index contributed by atoms with van der Waals surface area (Å²) in [5.74, 6) is 3.50. The summed E-state index contributed by atoms with van der Waals surface area (Å²) in [6.07, 6.45) is 47.0. The molecule has 12 nitrogen and oxygen atoms in total. The summed E-state index contributed by atoms with van der Waals surface area (Å²) in [5.41, 5.74) is 0.734. The van der Waals surface area contributed by atoms with Crippen molar-refractivity contribution in [3.63, 3.8) is 0 Å². The number of aliphatic imine (C=N–C) groups is 4. The van der Waals surface area contributed by atoms with E-state index >= 15 is 0 Å². The molecule has 7 unspecified atom stereocenters. The Balaban J connectivity index is 0.000000247. The maximum Gasteiger partial charge on any atom is 1.00 e. The van der Waals surface area contributed by atoms with Gasteiger partial charge in [-0.15, -0.1) is 23.8 Å². The molecule has 0 bridgehead atoms. The van der Waals surface area contributed by atoms with Crippen molar-refractivity contribution in [2.24, 2.45) is 43.6 Å². The molecule has 4 N–H and O–H groups in total. The van der Waals surface area contributed by atoms with Gasteiger partial charge >= 0.3 is 34.1 Å². The van der Waals surface area contributed by atoms with Crippen LogP contribution in [0.5, 0.6) is 0 Å². The van der Waals surface area contributed by atoms with Crippen LogP contribution in [0.15, 0.2) is 43.9 Å². The fraction of sp³-hybridized carbons (Fsp3) is 0.852. The molecule has 0 amide bonds. The maximum atomic E-state index is 9.35. The molecule has 4 heterocycles. The monoisotopic (exact) mass is 1040 g/mol. The summed E-state index contributed by atoms with van der Waals surface area (Å²) in [6, 6.07) is 2.97. The van der Waals surface area contributed by atoms with Gasteiger partial charge in [0.2, 0.25) is 0 Å². The Labute approximate surface area is 432 Å². The molecule has 0 aromatic rings. The van der Waals surface area contributed by atoms with Gasteiger partial charge in [0, 0.05) is 50.6 Å². The first kappa shape index (κ1) is 57.6. The number of nitrogens with zero attached hydrogens (tertiary/aromatic N) is 8. The van der Waals surface area contributed by atoms with E-state index in [2.05, 4.69) is 24.0 Å². The molecule has 7 atom stereocenters. The van der Waals surface area contributed by atoms with Crippen molar-refractivity contribution in [2.75, 3.05) is 26.4 Å². The van der Waals surface area contributed by atoms with E-state index in [1.807, 2.05) is 24.4 Å². The standard InChI is InChI=1S/C27H46N4O2.C27H42N4O2.2Cu/c2*32-18-26-5-1-3-24(30-26)16-28-22-11-7-20(8-12-22)15-21-9-13-23(14-10-21)29-17-25-4-2-6-27(19-33)31-25;;/h16-17,20-27,32-33H,1-15,18-19H2;1,3,5,16-17,20-25,27,32-33H,2,4,6-15,18-19H2;;/q2*-2;2*+1. The summed E-state index contributed by atoms with van der Waals surface area (Å²) in [7, 11) is 0. The molecule has 14 heteroatoms. The van der Waals surface area contributed by atoms with Crippen molar-refractivity contribution in [2.45, 2.75) is 240 Å². The van der Waals surface area contributed by atoms with Gasteiger partial charge in [0.25, 0.3) is 0 Å². The molecule has 0 aromatic carbocycles. The van der Waals surface area contributed by atoms with Gasteiger partial charge in [-0.25, -0.2) is 0 Å². The number of hydrogen-bond acceptors (Lipinski definition) is 8. The van der Waals surface area contributed by atoms with Crippen molar-refractivity contribution < 1.29 is 54.6 Å². The van der Waals surface area contributed by atoms with Crippen molar-refractivity contribution >= 4 is 24.9 Å². The summed E-state index contributed by atoms with van der Waals surface area (Å²) >= 11 is 0. The number of allylic oxidation sites excluding steroid dienone is 2. The van der Waals surface area contributed by atoms with Gasteiger partial charge in [0.05, 0.1) is 0 Å². The minimum Gasteiger partial charge on any atom is -0.676 e. The molecule has 3 saturated heterocycles. The van der Waals surface area contributed by atoms with Crippen LogP contribution in [-0.2, 0) is 34.1 Å². The van der Waals surface area contributed by atoms with Crippen molar-refractivity contribution in [3.05, 3.63) is 45.2 Å². The number of rotatable bonds is 16. The largest absolute Gasteiger partial charge is 1.00 e. The van der Waals surface area contributed by atoms with E-state index in [1.165, 1.54) is 116 Å². The Morgan fingerprint density at radius 1 is 0.426 bits per heavy atom. The topological polar surface area (TPSA) is 187 Å². The van der Waals surface area contributed by atoms with Crippen LogP contribution in [0.1, 0.15) is 173 Å². The molecular weight excluding hydrogens is 952 g/mol. The molecule has 8 aliphatic rings. The Morgan fingerprint density at radius 2 is 0.750 bits per heavy atom. The van der Waals surface area contributed by atoms with Gasteiger partial charge in [-0.2, -0.15) is 0 Å². The summed E-state index contributed by atoms with van der Waals surface area (Å²) < 4.78 is 0. The second-order valence-electron chi connectivity index (χ2n) is 21.6. The molecule has 8 rings (SSSR count). The molecule has 68 heavy (non-hydrogen) atoms. The van der Waals surface area contributed by atoms with Crippen LogP contribution in [0.3, 0.4) is 0 Å². The molecule has 7 fully saturated rings. The van der Waals surface area contributed by atoms with Crippen LogP contribution in [0.25, 0.3) is 21.3 Å². The zero-order chi connectivity index (χ0) is 45.8. The van der Waals surface area contributed by atoms with E-state index in [4.69, 9.17) is 35.9 Å². The van der Waals surface area contributed by atoms with E-state index in [1.54, 1.807) is 0 Å². The van der Waals surface area contributed by atoms with E-state index in [-0.39, 0.29) is 103 Å². The predicted molar refractivity (Wildman–Crippen MR) is 273 cm³/mol. The quantitative estimate of drug-likeness (QED) is 0.0886. The normalized spacial score (nSPS) is 38.3. The van der Waals surface area contributed by atoms with Crippen molar-refractivity contribution in [1.29, 1.82) is 0 Å². The van der Waals surface area contributed by atoms with Gasteiger partial charge in [-0.05, 0) is 164 Å². The summed E-state index contributed by atoms with van der Waals surface area (Å²) in [4.78, 5) is 19.5. The number of hydrogen-bond donors (Lipinski definition) is 4. The first-order valence-corrected chi connectivity index (χ1v) is 27.2. The van der Waals surface area contributed by atoms with Crippen molar-refractivity contribution in [1.82, 2.24) is 0 Å². The number of aliphatic hydroxyl groups is 4. The SMILES string of the molecule is OCC1=CC=CC(C=NC2CCC(CC3CCC(N=CC4CCCC(CO)[N-]4)CC3)CC2)[N-]1.OCC1CCCC(C=NC2CCC(CC3CCC(N=CC4CCCC(CO)[N-]4)CC3)CC2)[N-]1.[Cu+].[Cu+]. The minimum absolute atomic E-state index is 0. The number of piperidine rings is 3. The van der Waals surface area contributed by atoms with Crippen LogP contribution in [0.4, 0.5) is 0 Å². The zero-order valence-electron chi connectivity index (χ0n) is 41.1. The first-order valence-electron chi connectivity index (χ1n) is 27.2. The molecule has 4 aliphatic heterocycles. The molecule has 4 aliphatic carbocycles. The average molecular weight is 1040 g/mol. The molecule has 0 radical (unpaired) electrons. The van der Waals surface area contributed by atoms with Gasteiger partial charge in [-0.1, -0.05) is 100 Å². The fourth-order valence-corrected chi connectivity index (χ4v) is 12.4. The minimum atomic E-state index is -0.0180. The number of aliphatic hydroxyl groups excluding tert-OH is 4. The molecular formula is C54H88Cu2N8O4-2. The molecule has 0 spiro atoms. The van der Waals surface area contributed by atoms with Gasteiger partial charge in [0.1, 0.15) is 0 Å². The molecule has 4 saturated carbocycles. The Morgan fingerprint density at radius 3 is 1.06 bits per heavy atom. The molecule has 0 aromatic heterocycles. The van der Waals surface area contributed by atoms with Gasteiger partial charge < -0.3 is 41.7 Å². The Bertz CT molecular complexity index is 1500. The Hall–Kier alpha value is -1.28. The second-order valence-corrected chi connectivity index (χ2v) is 21.6. The predicted octanol–water partition coefficient (Wildman–Crippen LogP) is 10.3. The van der Waals surface area contributed by atoms with E-state index < -0.39 is 0 Å². The third-order valence-electron chi connectivity index (χ3n) is 16.5. The third-order valence-corrected chi connectivity index (χ3v) is 16.5. The summed E-state index contributed by atoms with van der Waals surface area (Å²) in [6.45, 7) is 0.548.